The van der Waals surface area contributed by atoms with Crippen molar-refractivity contribution < 1.29 is 26.0 Å². The van der Waals surface area contributed by atoms with Gasteiger partial charge in [-0.1, -0.05) is 0 Å². The predicted molar refractivity (Wildman–Crippen MR) is 54.8 cm³/mol. The Kier molecular flexibility index (Phi) is 3.10. The molecule has 1 saturated heterocycles. The molecule has 3 nitrogen and oxygen atoms in total. The van der Waals surface area contributed by atoms with E-state index in [0.717, 1.165) is 28.6 Å². The number of nitrogens with zero attached hydrogens (tertiary/aromatic N) is 1. The second-order valence-electron chi connectivity index (χ2n) is 4.00. The van der Waals surface area contributed by atoms with Crippen molar-refractivity contribution in [2.75, 3.05) is 6.54 Å². The largest absolute Gasteiger partial charge is 0.390 e. The SMILES string of the molecule is O=S(=O)(c1ccc(F)cc1)N1CC1CC(F)(F)F. The molecule has 0 amide bonds. The van der Waals surface area contributed by atoms with E-state index in [1.54, 1.807) is 0 Å². The highest BCUT2D eigenvalue weighted by atomic mass is 32.2. The summed E-state index contributed by atoms with van der Waals surface area (Å²) in [6, 6.07) is 2.94. The molecule has 1 fully saturated rings. The number of rotatable bonds is 3. The molecule has 0 saturated carbocycles. The summed E-state index contributed by atoms with van der Waals surface area (Å²) in [6.45, 7) is -0.154. The zero-order valence-electron chi connectivity index (χ0n) is 8.98. The van der Waals surface area contributed by atoms with Crippen LogP contribution in [0.3, 0.4) is 0 Å². The Hall–Kier alpha value is -1.15. The van der Waals surface area contributed by atoms with E-state index in [1.807, 2.05) is 0 Å². The molecule has 1 aliphatic rings. The average molecular weight is 283 g/mol. The van der Waals surface area contributed by atoms with Crippen molar-refractivity contribution in [3.63, 3.8) is 0 Å². The first-order chi connectivity index (χ1) is 8.20. The minimum absolute atomic E-state index is 0.154. The van der Waals surface area contributed by atoms with Crippen LogP contribution in [0.5, 0.6) is 0 Å². The summed E-state index contributed by atoms with van der Waals surface area (Å²) in [4.78, 5) is -0.200. The van der Waals surface area contributed by atoms with Gasteiger partial charge in [0.15, 0.2) is 0 Å². The van der Waals surface area contributed by atoms with Crippen LogP contribution in [0.25, 0.3) is 0 Å². The van der Waals surface area contributed by atoms with Gasteiger partial charge in [-0.05, 0) is 24.3 Å². The van der Waals surface area contributed by atoms with E-state index in [2.05, 4.69) is 0 Å². The quantitative estimate of drug-likeness (QED) is 0.629. The van der Waals surface area contributed by atoms with Crippen LogP contribution in [0.1, 0.15) is 6.42 Å². The van der Waals surface area contributed by atoms with Crippen LogP contribution >= 0.6 is 0 Å². The van der Waals surface area contributed by atoms with Crippen molar-refractivity contribution in [2.24, 2.45) is 0 Å². The van der Waals surface area contributed by atoms with Crippen LogP contribution in [-0.4, -0.2) is 31.5 Å². The maximum absolute atomic E-state index is 12.6. The molecule has 2 rings (SSSR count). The first-order valence-corrected chi connectivity index (χ1v) is 6.48. The van der Waals surface area contributed by atoms with Crippen molar-refractivity contribution >= 4 is 10.0 Å². The fourth-order valence-corrected chi connectivity index (χ4v) is 3.22. The first kappa shape index (κ1) is 13.3. The fraction of sp³-hybridized carbons (Fsp3) is 0.400. The summed E-state index contributed by atoms with van der Waals surface area (Å²) in [5.74, 6) is -0.605. The highest BCUT2D eigenvalue weighted by Gasteiger charge is 2.49. The smallest absolute Gasteiger partial charge is 0.207 e. The molecule has 1 aromatic rings. The van der Waals surface area contributed by atoms with Gasteiger partial charge in [0.1, 0.15) is 5.82 Å². The first-order valence-electron chi connectivity index (χ1n) is 5.04. The van der Waals surface area contributed by atoms with Gasteiger partial charge in [-0.2, -0.15) is 17.5 Å². The van der Waals surface area contributed by atoms with Crippen LogP contribution in [-0.2, 0) is 10.0 Å². The summed E-state index contributed by atoms with van der Waals surface area (Å²) in [7, 11) is -3.94. The highest BCUT2D eigenvalue weighted by Crippen LogP contribution is 2.35. The van der Waals surface area contributed by atoms with E-state index in [1.165, 1.54) is 0 Å². The Morgan fingerprint density at radius 2 is 1.78 bits per heavy atom. The molecule has 0 N–H and O–H groups in total. The molecule has 1 aromatic carbocycles. The molecule has 1 heterocycles. The van der Waals surface area contributed by atoms with Gasteiger partial charge in [0, 0.05) is 12.6 Å². The zero-order chi connectivity index (χ0) is 13.6. The third-order valence-corrected chi connectivity index (χ3v) is 4.48. The predicted octanol–water partition coefficient (Wildman–Crippen LogP) is 2.15. The molecule has 0 aliphatic carbocycles. The van der Waals surface area contributed by atoms with Gasteiger partial charge in [0.2, 0.25) is 10.0 Å². The Morgan fingerprint density at radius 1 is 1.22 bits per heavy atom. The van der Waals surface area contributed by atoms with Gasteiger partial charge in [-0.15, -0.1) is 0 Å². The number of sulfonamides is 1. The van der Waals surface area contributed by atoms with E-state index in [4.69, 9.17) is 0 Å². The maximum atomic E-state index is 12.6. The summed E-state index contributed by atoms with van der Waals surface area (Å²) >= 11 is 0. The van der Waals surface area contributed by atoms with Crippen molar-refractivity contribution in [3.8, 4) is 0 Å². The molecule has 0 aromatic heterocycles. The van der Waals surface area contributed by atoms with Gasteiger partial charge in [-0.25, -0.2) is 12.8 Å². The van der Waals surface area contributed by atoms with Gasteiger partial charge in [-0.3, -0.25) is 0 Å². The third-order valence-electron chi connectivity index (χ3n) is 2.55. The fourth-order valence-electron chi connectivity index (χ4n) is 1.63. The Labute approximate surface area is 101 Å². The number of halogens is 4. The van der Waals surface area contributed by atoms with Crippen LogP contribution in [0.15, 0.2) is 29.2 Å². The van der Waals surface area contributed by atoms with Crippen LogP contribution in [0, 0.1) is 5.82 Å². The lowest BCUT2D eigenvalue weighted by atomic mass is 10.3. The molecule has 0 radical (unpaired) electrons. The lowest BCUT2D eigenvalue weighted by Gasteiger charge is -2.08. The summed E-state index contributed by atoms with van der Waals surface area (Å²) < 4.78 is 73.3. The lowest BCUT2D eigenvalue weighted by molar-refractivity contribution is -0.134. The van der Waals surface area contributed by atoms with Crippen molar-refractivity contribution in [3.05, 3.63) is 30.1 Å². The molecule has 2 atom stereocenters. The number of hydrogen-bond donors (Lipinski definition) is 0. The minimum atomic E-state index is -4.39. The molecule has 0 spiro atoms. The standard InChI is InChI=1S/C10H9F4NO2S/c11-7-1-3-9(4-2-7)18(16,17)15-6-8(15)5-10(12,13)14/h1-4,8H,5-6H2. The second kappa shape index (κ2) is 4.20. The number of hydrogen-bond acceptors (Lipinski definition) is 2. The maximum Gasteiger partial charge on any atom is 0.390 e. The van der Waals surface area contributed by atoms with Crippen molar-refractivity contribution in [2.45, 2.75) is 23.5 Å². The van der Waals surface area contributed by atoms with Crippen molar-refractivity contribution in [1.82, 2.24) is 4.31 Å². The van der Waals surface area contributed by atoms with E-state index in [-0.39, 0.29) is 11.4 Å². The molecule has 18 heavy (non-hydrogen) atoms. The topological polar surface area (TPSA) is 37.1 Å². The van der Waals surface area contributed by atoms with Gasteiger partial charge in [0.25, 0.3) is 0 Å². The Balaban J connectivity index is 2.13. The molecule has 8 heteroatoms. The highest BCUT2D eigenvalue weighted by molar-refractivity contribution is 7.89. The second-order valence-corrected chi connectivity index (χ2v) is 5.89. The molecular formula is C10H9F4NO2S. The summed E-state index contributed by atoms with van der Waals surface area (Å²) in [5, 5.41) is 0. The van der Waals surface area contributed by atoms with E-state index < -0.39 is 34.5 Å². The third kappa shape index (κ3) is 2.81. The van der Waals surface area contributed by atoms with Crippen molar-refractivity contribution in [1.29, 1.82) is 0 Å². The van der Waals surface area contributed by atoms with E-state index >= 15 is 0 Å². The normalized spacial score (nSPS) is 24.0. The summed E-state index contributed by atoms with van der Waals surface area (Å²) in [6.07, 6.45) is -5.55. The Morgan fingerprint density at radius 3 is 2.28 bits per heavy atom. The van der Waals surface area contributed by atoms with E-state index in [9.17, 15) is 26.0 Å². The molecule has 2 unspecified atom stereocenters. The van der Waals surface area contributed by atoms with Gasteiger partial charge < -0.3 is 0 Å². The lowest BCUT2D eigenvalue weighted by Crippen LogP contribution is -2.19. The van der Waals surface area contributed by atoms with E-state index in [0.29, 0.717) is 0 Å². The minimum Gasteiger partial charge on any atom is -0.207 e. The van der Waals surface area contributed by atoms with Gasteiger partial charge >= 0.3 is 6.18 Å². The molecule has 0 bridgehead atoms. The summed E-state index contributed by atoms with van der Waals surface area (Å²) in [5.41, 5.74) is 0. The molecular weight excluding hydrogens is 274 g/mol. The van der Waals surface area contributed by atoms with Crippen LogP contribution in [0.4, 0.5) is 17.6 Å². The monoisotopic (exact) mass is 283 g/mol. The number of alkyl halides is 3. The zero-order valence-corrected chi connectivity index (χ0v) is 9.80. The molecule has 1 aliphatic heterocycles. The molecule has 100 valence electrons. The van der Waals surface area contributed by atoms with Crippen LogP contribution in [0.2, 0.25) is 0 Å². The Bertz CT molecular complexity index is 538. The van der Waals surface area contributed by atoms with Gasteiger partial charge in [0.05, 0.1) is 11.3 Å². The average Bonchev–Trinajstić information content (AvgIpc) is 2.95. The number of benzene rings is 1. The van der Waals surface area contributed by atoms with Crippen LogP contribution < -0.4 is 0 Å².